The molecule has 0 N–H and O–H groups in total. The van der Waals surface area contributed by atoms with Gasteiger partial charge in [0.15, 0.2) is 6.10 Å². The molecule has 0 aliphatic heterocycles. The maximum atomic E-state index is 11.3. The predicted molar refractivity (Wildman–Crippen MR) is 113 cm³/mol. The van der Waals surface area contributed by atoms with Gasteiger partial charge in [0.25, 0.3) is 6.47 Å². The molecule has 3 rings (SSSR count). The molecule has 0 radical (unpaired) electrons. The third-order valence-corrected chi connectivity index (χ3v) is 6.25. The molecule has 0 aliphatic rings. The van der Waals surface area contributed by atoms with E-state index < -0.39 is 12.2 Å². The highest BCUT2D eigenvalue weighted by Crippen LogP contribution is 2.42. The molecule has 0 spiro atoms. The van der Waals surface area contributed by atoms with E-state index in [0.29, 0.717) is 17.9 Å². The molecule has 0 bridgehead atoms. The van der Waals surface area contributed by atoms with Crippen LogP contribution >= 0.6 is 38.6 Å². The lowest BCUT2D eigenvalue weighted by atomic mass is 10.0. The van der Waals surface area contributed by atoms with Crippen LogP contribution in [0.25, 0.3) is 10.6 Å². The molecule has 0 saturated heterocycles. The van der Waals surface area contributed by atoms with E-state index in [-0.39, 0.29) is 0 Å². The van der Waals surface area contributed by atoms with Gasteiger partial charge in [-0.1, -0.05) is 59.3 Å². The Balaban J connectivity index is 1.97. The van der Waals surface area contributed by atoms with E-state index in [9.17, 15) is 4.79 Å². The quantitative estimate of drug-likeness (QED) is 0.271. The van der Waals surface area contributed by atoms with Gasteiger partial charge >= 0.3 is 0 Å². The Morgan fingerprint density at radius 2 is 1.96 bits per heavy atom. The van der Waals surface area contributed by atoms with Crippen LogP contribution in [0.1, 0.15) is 36.0 Å². The van der Waals surface area contributed by atoms with Gasteiger partial charge in [-0.05, 0) is 23.4 Å². The Bertz CT molecular complexity index is 821. The second kappa shape index (κ2) is 10.1. The SMILES string of the molecule is CC(Br)CCOC(c1scnc1-c1cccs1)C(OC=O)c1ccccc1. The summed E-state index contributed by atoms with van der Waals surface area (Å²) in [6, 6.07) is 13.7. The van der Waals surface area contributed by atoms with Crippen LogP contribution in [0.15, 0.2) is 53.4 Å². The fourth-order valence-electron chi connectivity index (χ4n) is 2.74. The van der Waals surface area contributed by atoms with Crippen molar-refractivity contribution in [1.29, 1.82) is 0 Å². The topological polar surface area (TPSA) is 48.4 Å². The first kappa shape index (κ1) is 20.2. The Labute approximate surface area is 175 Å². The Hall–Kier alpha value is -1.54. The van der Waals surface area contributed by atoms with Crippen molar-refractivity contribution in [1.82, 2.24) is 4.98 Å². The van der Waals surface area contributed by atoms with E-state index >= 15 is 0 Å². The molecule has 3 aromatic rings. The van der Waals surface area contributed by atoms with E-state index in [1.54, 1.807) is 11.3 Å². The number of thiophene rings is 1. The van der Waals surface area contributed by atoms with Gasteiger partial charge in [0.1, 0.15) is 6.10 Å². The minimum atomic E-state index is -0.534. The summed E-state index contributed by atoms with van der Waals surface area (Å²) in [5.74, 6) is 0. The first-order valence-corrected chi connectivity index (χ1v) is 11.2. The van der Waals surface area contributed by atoms with Crippen molar-refractivity contribution < 1.29 is 14.3 Å². The number of halogens is 1. The van der Waals surface area contributed by atoms with Crippen LogP contribution in [0.5, 0.6) is 0 Å². The van der Waals surface area contributed by atoms with Crippen molar-refractivity contribution in [3.63, 3.8) is 0 Å². The fourth-order valence-corrected chi connectivity index (χ4v) is 4.60. The number of carbonyl (C=O) groups is 1. The van der Waals surface area contributed by atoms with Crippen molar-refractivity contribution in [3.8, 4) is 10.6 Å². The van der Waals surface area contributed by atoms with Gasteiger partial charge in [0.05, 0.1) is 21.0 Å². The van der Waals surface area contributed by atoms with E-state index in [1.807, 2.05) is 53.4 Å². The molecule has 7 heteroatoms. The molecule has 3 atom stereocenters. The molecule has 0 amide bonds. The Morgan fingerprint density at radius 1 is 1.15 bits per heavy atom. The maximum absolute atomic E-state index is 11.3. The number of alkyl halides is 1. The molecule has 1 aromatic carbocycles. The molecular weight excluding hydrogens is 446 g/mol. The normalized spacial score (nSPS) is 14.4. The second-order valence-corrected chi connectivity index (χ2v) is 9.36. The molecule has 0 aliphatic carbocycles. The van der Waals surface area contributed by atoms with Gasteiger partial charge in [-0.2, -0.15) is 0 Å². The first-order valence-electron chi connectivity index (χ1n) is 8.57. The molecule has 0 fully saturated rings. The van der Waals surface area contributed by atoms with Gasteiger partial charge in [-0.3, -0.25) is 4.79 Å². The largest absolute Gasteiger partial charge is 0.456 e. The molecule has 4 nitrogen and oxygen atoms in total. The average Bonchev–Trinajstić information content (AvgIpc) is 3.35. The number of aromatic nitrogens is 1. The van der Waals surface area contributed by atoms with Crippen molar-refractivity contribution in [2.45, 2.75) is 30.4 Å². The highest BCUT2D eigenvalue weighted by atomic mass is 79.9. The van der Waals surface area contributed by atoms with Crippen LogP contribution in [0.4, 0.5) is 0 Å². The van der Waals surface area contributed by atoms with Gasteiger partial charge in [0, 0.05) is 11.4 Å². The lowest BCUT2D eigenvalue weighted by Crippen LogP contribution is -2.18. The van der Waals surface area contributed by atoms with Gasteiger partial charge in [0.2, 0.25) is 0 Å². The zero-order chi connectivity index (χ0) is 19.1. The van der Waals surface area contributed by atoms with Crippen LogP contribution in [-0.4, -0.2) is 22.9 Å². The van der Waals surface area contributed by atoms with Gasteiger partial charge in [-0.25, -0.2) is 4.98 Å². The van der Waals surface area contributed by atoms with E-state index in [0.717, 1.165) is 27.4 Å². The number of hydrogen-bond donors (Lipinski definition) is 0. The number of nitrogens with zero attached hydrogens (tertiary/aromatic N) is 1. The fraction of sp³-hybridized carbons (Fsp3) is 0.300. The third kappa shape index (κ3) is 5.25. The monoisotopic (exact) mass is 465 g/mol. The minimum absolute atomic E-state index is 0.346. The number of carbonyl (C=O) groups excluding carboxylic acids is 1. The summed E-state index contributed by atoms with van der Waals surface area (Å²) >= 11 is 6.72. The number of rotatable bonds is 10. The van der Waals surface area contributed by atoms with Crippen LogP contribution in [0.3, 0.4) is 0 Å². The number of benzene rings is 1. The number of ether oxygens (including phenoxy) is 2. The van der Waals surface area contributed by atoms with Crippen LogP contribution in [0, 0.1) is 0 Å². The van der Waals surface area contributed by atoms with E-state index in [1.165, 1.54) is 11.3 Å². The average molecular weight is 466 g/mol. The molecule has 2 aromatic heterocycles. The lowest BCUT2D eigenvalue weighted by Gasteiger charge is -2.26. The molecule has 0 saturated carbocycles. The van der Waals surface area contributed by atoms with Crippen molar-refractivity contribution >= 4 is 45.1 Å². The summed E-state index contributed by atoms with van der Waals surface area (Å²) in [5, 5.41) is 2.03. The van der Waals surface area contributed by atoms with E-state index in [2.05, 4.69) is 27.8 Å². The molecular formula is C20H20BrNO3S2. The number of hydrogen-bond acceptors (Lipinski definition) is 6. The first-order chi connectivity index (χ1) is 13.2. The standard InChI is InChI=1S/C20H20BrNO3S2/c1-14(21)9-10-24-19(18(25-13-23)15-6-3-2-4-7-15)20-17(22-12-27-20)16-8-5-11-26-16/h2-8,11-14,18-19H,9-10H2,1H3. The van der Waals surface area contributed by atoms with Crippen molar-refractivity contribution in [3.05, 3.63) is 63.8 Å². The number of thiazole rings is 1. The summed E-state index contributed by atoms with van der Waals surface area (Å²) in [6.07, 6.45) is -0.103. The van der Waals surface area contributed by atoms with E-state index in [4.69, 9.17) is 9.47 Å². The summed E-state index contributed by atoms with van der Waals surface area (Å²) in [6.45, 7) is 3.12. The smallest absolute Gasteiger partial charge is 0.293 e. The van der Waals surface area contributed by atoms with Crippen LogP contribution in [-0.2, 0) is 14.3 Å². The molecule has 142 valence electrons. The third-order valence-electron chi connectivity index (χ3n) is 4.03. The van der Waals surface area contributed by atoms with Crippen LogP contribution in [0.2, 0.25) is 0 Å². The molecule has 3 unspecified atom stereocenters. The van der Waals surface area contributed by atoms with Gasteiger partial charge in [-0.15, -0.1) is 22.7 Å². The summed E-state index contributed by atoms with van der Waals surface area (Å²) in [5.41, 5.74) is 3.60. The summed E-state index contributed by atoms with van der Waals surface area (Å²) < 4.78 is 11.8. The van der Waals surface area contributed by atoms with Crippen LogP contribution < -0.4 is 0 Å². The van der Waals surface area contributed by atoms with Gasteiger partial charge < -0.3 is 9.47 Å². The van der Waals surface area contributed by atoms with Crippen molar-refractivity contribution in [2.24, 2.45) is 0 Å². The van der Waals surface area contributed by atoms with Crippen molar-refractivity contribution in [2.75, 3.05) is 6.61 Å². The Kier molecular flexibility index (Phi) is 7.58. The summed E-state index contributed by atoms with van der Waals surface area (Å²) in [7, 11) is 0. The predicted octanol–water partition coefficient (Wildman–Crippen LogP) is 6.02. The molecule has 27 heavy (non-hydrogen) atoms. The highest BCUT2D eigenvalue weighted by Gasteiger charge is 2.31. The molecule has 2 heterocycles. The second-order valence-electron chi connectivity index (χ2n) is 5.97. The summed E-state index contributed by atoms with van der Waals surface area (Å²) in [4.78, 5) is 18.2. The zero-order valence-corrected chi connectivity index (χ0v) is 18.0. The zero-order valence-electron chi connectivity index (χ0n) is 14.8. The minimum Gasteiger partial charge on any atom is -0.456 e. The maximum Gasteiger partial charge on any atom is 0.293 e. The Morgan fingerprint density at radius 3 is 2.63 bits per heavy atom. The lowest BCUT2D eigenvalue weighted by molar-refractivity contribution is -0.143. The highest BCUT2D eigenvalue weighted by molar-refractivity contribution is 9.09.